The molecule has 1 saturated heterocycles. The van der Waals surface area contributed by atoms with Crippen molar-refractivity contribution in [3.05, 3.63) is 35.4 Å². The van der Waals surface area contributed by atoms with E-state index in [4.69, 9.17) is 4.74 Å². The van der Waals surface area contributed by atoms with Crippen LogP contribution in [0.3, 0.4) is 0 Å². The molecule has 0 saturated carbocycles. The molecule has 1 heterocycles. The topological polar surface area (TPSA) is 21.3 Å². The van der Waals surface area contributed by atoms with E-state index in [2.05, 4.69) is 5.32 Å². The Kier molecular flexibility index (Phi) is 5.08. The molecule has 4 heteroatoms. The lowest BCUT2D eigenvalue weighted by Gasteiger charge is -2.10. The lowest BCUT2D eigenvalue weighted by atomic mass is 10.1. The van der Waals surface area contributed by atoms with Gasteiger partial charge in [0.2, 0.25) is 0 Å². The summed E-state index contributed by atoms with van der Waals surface area (Å²) in [4.78, 5) is 0. The van der Waals surface area contributed by atoms with Crippen LogP contribution in [0.25, 0.3) is 0 Å². The van der Waals surface area contributed by atoms with Gasteiger partial charge in [0.1, 0.15) is 11.6 Å². The number of ether oxygens (including phenoxy) is 1. The van der Waals surface area contributed by atoms with Crippen molar-refractivity contribution in [1.82, 2.24) is 5.32 Å². The molecule has 1 unspecified atom stereocenters. The van der Waals surface area contributed by atoms with E-state index in [1.807, 2.05) is 0 Å². The van der Waals surface area contributed by atoms with Crippen molar-refractivity contribution in [3.8, 4) is 0 Å². The van der Waals surface area contributed by atoms with E-state index >= 15 is 0 Å². The van der Waals surface area contributed by atoms with Crippen LogP contribution >= 0.6 is 0 Å². The average Bonchev–Trinajstić information content (AvgIpc) is 2.86. The van der Waals surface area contributed by atoms with Crippen LogP contribution < -0.4 is 5.32 Å². The van der Waals surface area contributed by atoms with Crippen LogP contribution in [0.5, 0.6) is 0 Å². The zero-order valence-electron chi connectivity index (χ0n) is 10.4. The minimum atomic E-state index is -0.396. The summed E-state index contributed by atoms with van der Waals surface area (Å²) in [5, 5.41) is 3.13. The van der Waals surface area contributed by atoms with E-state index in [0.717, 1.165) is 44.9 Å². The average molecular weight is 255 g/mol. The molecule has 0 spiro atoms. The first-order valence-corrected chi connectivity index (χ1v) is 6.52. The van der Waals surface area contributed by atoms with Crippen LogP contribution in [0.1, 0.15) is 31.2 Å². The number of benzene rings is 1. The van der Waals surface area contributed by atoms with Gasteiger partial charge in [0.15, 0.2) is 0 Å². The van der Waals surface area contributed by atoms with Gasteiger partial charge in [0, 0.05) is 18.7 Å². The lowest BCUT2D eigenvalue weighted by molar-refractivity contribution is 0.102. The number of rotatable bonds is 6. The van der Waals surface area contributed by atoms with Gasteiger partial charge in [-0.1, -0.05) is 0 Å². The maximum Gasteiger partial charge on any atom is 0.127 e. The number of nitrogens with one attached hydrogen (secondary N) is 1. The Morgan fingerprint density at radius 3 is 3.00 bits per heavy atom. The highest BCUT2D eigenvalue weighted by Gasteiger charge is 2.14. The van der Waals surface area contributed by atoms with E-state index in [1.165, 1.54) is 12.1 Å². The molecule has 0 bridgehead atoms. The number of halogens is 2. The third kappa shape index (κ3) is 4.03. The summed E-state index contributed by atoms with van der Waals surface area (Å²) in [5.41, 5.74) is 0.382. The van der Waals surface area contributed by atoms with Crippen molar-refractivity contribution < 1.29 is 13.5 Å². The summed E-state index contributed by atoms with van der Waals surface area (Å²) in [6.45, 7) is 2.05. The number of hydrogen-bond donors (Lipinski definition) is 1. The molecule has 1 fully saturated rings. The van der Waals surface area contributed by atoms with Crippen molar-refractivity contribution in [1.29, 1.82) is 0 Å². The van der Waals surface area contributed by atoms with Gasteiger partial charge in [0.05, 0.1) is 6.10 Å². The SMILES string of the molecule is Fc1ccc(F)c(CNCCCC2CCCO2)c1. The van der Waals surface area contributed by atoms with Gasteiger partial charge < -0.3 is 10.1 Å². The first-order chi connectivity index (χ1) is 8.75. The van der Waals surface area contributed by atoms with Gasteiger partial charge in [0.25, 0.3) is 0 Å². The maximum absolute atomic E-state index is 13.3. The molecule has 1 N–H and O–H groups in total. The summed E-state index contributed by atoms with van der Waals surface area (Å²) < 4.78 is 31.7. The predicted octanol–water partition coefficient (Wildman–Crippen LogP) is 3.01. The molecule has 1 atom stereocenters. The summed E-state index contributed by atoms with van der Waals surface area (Å²) in [6.07, 6.45) is 4.75. The van der Waals surface area contributed by atoms with Crippen molar-refractivity contribution in [2.24, 2.45) is 0 Å². The Morgan fingerprint density at radius 1 is 1.33 bits per heavy atom. The van der Waals surface area contributed by atoms with Gasteiger partial charge in [-0.3, -0.25) is 0 Å². The Morgan fingerprint density at radius 2 is 2.22 bits per heavy atom. The monoisotopic (exact) mass is 255 g/mol. The Bertz CT molecular complexity index is 378. The molecule has 0 aliphatic carbocycles. The minimum Gasteiger partial charge on any atom is -0.378 e. The van der Waals surface area contributed by atoms with Crippen LogP contribution in [0.15, 0.2) is 18.2 Å². The second-order valence-electron chi connectivity index (χ2n) is 4.69. The molecule has 2 nitrogen and oxygen atoms in total. The van der Waals surface area contributed by atoms with Crippen molar-refractivity contribution >= 4 is 0 Å². The zero-order chi connectivity index (χ0) is 12.8. The summed E-state index contributed by atoms with van der Waals surface area (Å²) in [6, 6.07) is 3.54. The van der Waals surface area contributed by atoms with Gasteiger partial charge >= 0.3 is 0 Å². The highest BCUT2D eigenvalue weighted by Crippen LogP contribution is 2.16. The lowest BCUT2D eigenvalue weighted by Crippen LogP contribution is -2.17. The van der Waals surface area contributed by atoms with E-state index in [-0.39, 0.29) is 5.82 Å². The highest BCUT2D eigenvalue weighted by atomic mass is 19.1. The van der Waals surface area contributed by atoms with E-state index < -0.39 is 5.82 Å². The Balaban J connectivity index is 1.64. The minimum absolute atomic E-state index is 0.358. The molecule has 1 aromatic rings. The fraction of sp³-hybridized carbons (Fsp3) is 0.571. The standard InChI is InChI=1S/C14H19F2NO/c15-12-5-6-14(16)11(9-12)10-17-7-1-3-13-4-2-8-18-13/h5-6,9,13,17H,1-4,7-8,10H2. The van der Waals surface area contributed by atoms with Crippen molar-refractivity contribution in [2.45, 2.75) is 38.3 Å². The normalized spacial score (nSPS) is 19.3. The summed E-state index contributed by atoms with van der Waals surface area (Å²) >= 11 is 0. The van der Waals surface area contributed by atoms with Crippen LogP contribution in [0.2, 0.25) is 0 Å². The second kappa shape index (κ2) is 6.81. The summed E-state index contributed by atoms with van der Waals surface area (Å²) in [7, 11) is 0. The first kappa shape index (κ1) is 13.4. The first-order valence-electron chi connectivity index (χ1n) is 6.52. The van der Waals surface area contributed by atoms with E-state index in [0.29, 0.717) is 18.2 Å². The predicted molar refractivity (Wildman–Crippen MR) is 66.3 cm³/mol. The third-order valence-corrected chi connectivity index (χ3v) is 3.23. The van der Waals surface area contributed by atoms with E-state index in [9.17, 15) is 8.78 Å². The molecular formula is C14H19F2NO. The highest BCUT2D eigenvalue weighted by molar-refractivity contribution is 5.18. The molecule has 1 aliphatic rings. The second-order valence-corrected chi connectivity index (χ2v) is 4.69. The Hall–Kier alpha value is -1.00. The van der Waals surface area contributed by atoms with E-state index in [1.54, 1.807) is 0 Å². The van der Waals surface area contributed by atoms with Crippen LogP contribution in [-0.2, 0) is 11.3 Å². The molecule has 2 rings (SSSR count). The summed E-state index contributed by atoms with van der Waals surface area (Å²) in [5.74, 6) is -0.754. The number of hydrogen-bond acceptors (Lipinski definition) is 2. The molecule has 0 amide bonds. The molecule has 1 aromatic carbocycles. The fourth-order valence-corrected chi connectivity index (χ4v) is 2.23. The quantitative estimate of drug-likeness (QED) is 0.789. The fourth-order valence-electron chi connectivity index (χ4n) is 2.23. The molecule has 18 heavy (non-hydrogen) atoms. The van der Waals surface area contributed by atoms with Crippen molar-refractivity contribution in [3.63, 3.8) is 0 Å². The van der Waals surface area contributed by atoms with Crippen LogP contribution in [-0.4, -0.2) is 19.3 Å². The molecule has 0 radical (unpaired) electrons. The maximum atomic E-state index is 13.3. The van der Waals surface area contributed by atoms with Crippen molar-refractivity contribution in [2.75, 3.05) is 13.2 Å². The largest absolute Gasteiger partial charge is 0.378 e. The molecule has 1 aliphatic heterocycles. The zero-order valence-corrected chi connectivity index (χ0v) is 10.4. The van der Waals surface area contributed by atoms with Gasteiger partial charge in [-0.15, -0.1) is 0 Å². The van der Waals surface area contributed by atoms with Crippen LogP contribution in [0, 0.1) is 11.6 Å². The van der Waals surface area contributed by atoms with Crippen LogP contribution in [0.4, 0.5) is 8.78 Å². The molecule has 100 valence electrons. The molecular weight excluding hydrogens is 236 g/mol. The third-order valence-electron chi connectivity index (χ3n) is 3.23. The Labute approximate surface area is 106 Å². The van der Waals surface area contributed by atoms with Gasteiger partial charge in [-0.05, 0) is 50.4 Å². The smallest absolute Gasteiger partial charge is 0.127 e. The van der Waals surface area contributed by atoms with Gasteiger partial charge in [-0.2, -0.15) is 0 Å². The van der Waals surface area contributed by atoms with Gasteiger partial charge in [-0.25, -0.2) is 8.78 Å². The molecule has 0 aromatic heterocycles.